The molecule has 0 bridgehead atoms. The van der Waals surface area contributed by atoms with Crippen LogP contribution in [0.25, 0.3) is 0 Å². The van der Waals surface area contributed by atoms with Crippen LogP contribution >= 0.6 is 0 Å². The molecule has 2 N–H and O–H groups in total. The van der Waals surface area contributed by atoms with E-state index in [0.29, 0.717) is 25.3 Å². The van der Waals surface area contributed by atoms with E-state index in [0.717, 1.165) is 18.6 Å². The van der Waals surface area contributed by atoms with Crippen molar-refractivity contribution in [1.29, 1.82) is 0 Å². The van der Waals surface area contributed by atoms with Crippen LogP contribution in [-0.4, -0.2) is 37.0 Å². The second-order valence-electron chi connectivity index (χ2n) is 3.78. The maximum atomic E-state index is 9.01. The Hall–Kier alpha value is -0.875. The highest BCUT2D eigenvalue weighted by molar-refractivity contribution is 6.58. The van der Waals surface area contributed by atoms with Gasteiger partial charge in [-0.2, -0.15) is 0 Å². The van der Waals surface area contributed by atoms with Gasteiger partial charge in [-0.25, -0.2) is 0 Å². The number of hydrogen-bond donors (Lipinski definition) is 2. The summed E-state index contributed by atoms with van der Waals surface area (Å²) < 4.78 is 10.7. The number of rotatable bonds is 8. The second kappa shape index (κ2) is 8.25. The van der Waals surface area contributed by atoms with Gasteiger partial charge in [0.15, 0.2) is 0 Å². The van der Waals surface area contributed by atoms with E-state index in [-0.39, 0.29) is 0 Å². The topological polar surface area (TPSA) is 58.9 Å². The molecular formula is C12H19BO4. The zero-order valence-electron chi connectivity index (χ0n) is 10.1. The second-order valence-corrected chi connectivity index (χ2v) is 3.78. The highest BCUT2D eigenvalue weighted by Crippen LogP contribution is 1.99. The van der Waals surface area contributed by atoms with Gasteiger partial charge in [-0.05, 0) is 17.4 Å². The molecule has 4 nitrogen and oxygen atoms in total. The van der Waals surface area contributed by atoms with Crippen LogP contribution in [0.1, 0.15) is 18.9 Å². The van der Waals surface area contributed by atoms with Crippen LogP contribution in [0.5, 0.6) is 0 Å². The third-order valence-electron chi connectivity index (χ3n) is 2.24. The summed E-state index contributed by atoms with van der Waals surface area (Å²) >= 11 is 0. The van der Waals surface area contributed by atoms with Gasteiger partial charge >= 0.3 is 7.12 Å². The van der Waals surface area contributed by atoms with Crippen molar-refractivity contribution in [2.45, 2.75) is 20.0 Å². The Morgan fingerprint density at radius 2 is 1.88 bits per heavy atom. The van der Waals surface area contributed by atoms with Crippen LogP contribution in [0, 0.1) is 0 Å². The summed E-state index contributed by atoms with van der Waals surface area (Å²) in [7, 11) is -1.43. The van der Waals surface area contributed by atoms with Gasteiger partial charge in [0, 0.05) is 6.61 Å². The molecule has 94 valence electrons. The molecule has 0 radical (unpaired) electrons. The van der Waals surface area contributed by atoms with Crippen LogP contribution in [0.2, 0.25) is 0 Å². The minimum absolute atomic E-state index is 0.454. The summed E-state index contributed by atoms with van der Waals surface area (Å²) in [5, 5.41) is 18.0. The van der Waals surface area contributed by atoms with Crippen molar-refractivity contribution >= 4 is 12.6 Å². The van der Waals surface area contributed by atoms with E-state index in [4.69, 9.17) is 19.5 Å². The van der Waals surface area contributed by atoms with Gasteiger partial charge in [0.2, 0.25) is 0 Å². The molecule has 0 heterocycles. The smallest absolute Gasteiger partial charge is 0.423 e. The Balaban J connectivity index is 2.24. The third kappa shape index (κ3) is 5.84. The van der Waals surface area contributed by atoms with E-state index in [1.165, 1.54) is 0 Å². The van der Waals surface area contributed by atoms with E-state index in [1.807, 2.05) is 6.07 Å². The predicted octanol–water partition coefficient (Wildman–Crippen LogP) is 0.310. The number of ether oxygens (including phenoxy) is 2. The van der Waals surface area contributed by atoms with Crippen molar-refractivity contribution in [3.05, 3.63) is 29.8 Å². The van der Waals surface area contributed by atoms with E-state index < -0.39 is 7.12 Å². The van der Waals surface area contributed by atoms with Crippen molar-refractivity contribution in [3.63, 3.8) is 0 Å². The van der Waals surface area contributed by atoms with Gasteiger partial charge in [0.05, 0.1) is 19.8 Å². The molecule has 0 aromatic heterocycles. The van der Waals surface area contributed by atoms with Gasteiger partial charge < -0.3 is 19.5 Å². The molecular weight excluding hydrogens is 219 g/mol. The van der Waals surface area contributed by atoms with Crippen LogP contribution in [0.4, 0.5) is 0 Å². The maximum absolute atomic E-state index is 9.01. The highest BCUT2D eigenvalue weighted by atomic mass is 16.5. The first kappa shape index (κ1) is 14.2. The normalized spacial score (nSPS) is 10.5. The van der Waals surface area contributed by atoms with E-state index >= 15 is 0 Å². The van der Waals surface area contributed by atoms with Crippen LogP contribution in [-0.2, 0) is 16.1 Å². The Labute approximate surface area is 102 Å². The standard InChI is InChI=1S/C12H19BO4/c1-2-6-16-7-8-17-10-11-4-3-5-12(9-11)13(14)15/h3-5,9,14-15H,2,6-8,10H2,1H3. The van der Waals surface area contributed by atoms with Gasteiger partial charge in [-0.3, -0.25) is 0 Å². The van der Waals surface area contributed by atoms with E-state index in [1.54, 1.807) is 18.2 Å². The minimum atomic E-state index is -1.43. The molecule has 0 saturated carbocycles. The van der Waals surface area contributed by atoms with Crippen molar-refractivity contribution in [2.24, 2.45) is 0 Å². The average Bonchev–Trinajstić information content (AvgIpc) is 2.34. The summed E-state index contributed by atoms with van der Waals surface area (Å²) in [4.78, 5) is 0. The average molecular weight is 238 g/mol. The molecule has 0 amide bonds. The number of hydrogen-bond acceptors (Lipinski definition) is 4. The fraction of sp³-hybridized carbons (Fsp3) is 0.500. The van der Waals surface area contributed by atoms with E-state index in [9.17, 15) is 0 Å². The highest BCUT2D eigenvalue weighted by Gasteiger charge is 2.10. The molecule has 0 saturated heterocycles. The molecule has 5 heteroatoms. The molecule has 0 fully saturated rings. The fourth-order valence-corrected chi connectivity index (χ4v) is 1.40. The third-order valence-corrected chi connectivity index (χ3v) is 2.24. The summed E-state index contributed by atoms with van der Waals surface area (Å²) in [5.41, 5.74) is 1.40. The van der Waals surface area contributed by atoms with Gasteiger partial charge in [0.25, 0.3) is 0 Å². The monoisotopic (exact) mass is 238 g/mol. The lowest BCUT2D eigenvalue weighted by Gasteiger charge is -2.06. The molecule has 0 aliphatic rings. The number of benzene rings is 1. The summed E-state index contributed by atoms with van der Waals surface area (Å²) in [6.45, 7) is 4.42. The van der Waals surface area contributed by atoms with Crippen molar-refractivity contribution in [3.8, 4) is 0 Å². The SMILES string of the molecule is CCCOCCOCc1cccc(B(O)O)c1. The Kier molecular flexibility index (Phi) is 6.89. The van der Waals surface area contributed by atoms with Crippen LogP contribution in [0.15, 0.2) is 24.3 Å². The predicted molar refractivity (Wildman–Crippen MR) is 67.0 cm³/mol. The Bertz CT molecular complexity index is 317. The lowest BCUT2D eigenvalue weighted by molar-refractivity contribution is 0.0408. The first-order chi connectivity index (χ1) is 8.24. The molecule has 1 aromatic carbocycles. The molecule has 0 aliphatic heterocycles. The van der Waals surface area contributed by atoms with Crippen molar-refractivity contribution < 1.29 is 19.5 Å². The quantitative estimate of drug-likeness (QED) is 0.505. The van der Waals surface area contributed by atoms with Gasteiger partial charge in [-0.1, -0.05) is 31.2 Å². The summed E-state index contributed by atoms with van der Waals surface area (Å²) in [6, 6.07) is 7.05. The molecule has 0 spiro atoms. The first-order valence-electron chi connectivity index (χ1n) is 5.84. The Morgan fingerprint density at radius 1 is 1.12 bits per heavy atom. The zero-order chi connectivity index (χ0) is 12.5. The summed E-state index contributed by atoms with van der Waals surface area (Å²) in [5.74, 6) is 0. The van der Waals surface area contributed by atoms with E-state index in [2.05, 4.69) is 6.92 Å². The molecule has 1 rings (SSSR count). The fourth-order valence-electron chi connectivity index (χ4n) is 1.40. The van der Waals surface area contributed by atoms with Crippen molar-refractivity contribution in [1.82, 2.24) is 0 Å². The van der Waals surface area contributed by atoms with Crippen LogP contribution < -0.4 is 5.46 Å². The Morgan fingerprint density at radius 3 is 2.59 bits per heavy atom. The lowest BCUT2D eigenvalue weighted by atomic mass is 9.80. The minimum Gasteiger partial charge on any atom is -0.423 e. The first-order valence-corrected chi connectivity index (χ1v) is 5.84. The zero-order valence-corrected chi connectivity index (χ0v) is 10.1. The van der Waals surface area contributed by atoms with Gasteiger partial charge in [-0.15, -0.1) is 0 Å². The maximum Gasteiger partial charge on any atom is 0.488 e. The van der Waals surface area contributed by atoms with Crippen LogP contribution in [0.3, 0.4) is 0 Å². The molecule has 17 heavy (non-hydrogen) atoms. The largest absolute Gasteiger partial charge is 0.488 e. The summed E-state index contributed by atoms with van der Waals surface area (Å²) in [6.07, 6.45) is 1.01. The van der Waals surface area contributed by atoms with Crippen molar-refractivity contribution in [2.75, 3.05) is 19.8 Å². The lowest BCUT2D eigenvalue weighted by Crippen LogP contribution is -2.29. The molecule has 0 unspecified atom stereocenters. The molecule has 1 aromatic rings. The molecule has 0 aliphatic carbocycles. The van der Waals surface area contributed by atoms with Gasteiger partial charge in [0.1, 0.15) is 0 Å². The molecule has 0 atom stereocenters.